The van der Waals surface area contributed by atoms with Gasteiger partial charge in [0.05, 0.1) is 15.2 Å². The first-order valence-electron chi connectivity index (χ1n) is 5.26. The third-order valence-electron chi connectivity index (χ3n) is 2.34. The lowest BCUT2D eigenvalue weighted by molar-refractivity contribution is 0.303. The molecule has 2 aromatic rings. The number of hydrogen-bond acceptors (Lipinski definition) is 2. The topological polar surface area (TPSA) is 33.0 Å². The maximum atomic E-state index is 13.0. The van der Waals surface area contributed by atoms with E-state index in [1.807, 2.05) is 0 Å². The first-order chi connectivity index (χ1) is 8.69. The highest BCUT2D eigenvalue weighted by molar-refractivity contribution is 14.1. The molecule has 0 fully saturated rings. The van der Waals surface area contributed by atoms with Crippen LogP contribution in [0.2, 0.25) is 0 Å². The maximum absolute atomic E-state index is 13.0. The van der Waals surface area contributed by atoms with Crippen LogP contribution in [0.3, 0.4) is 0 Å². The zero-order chi connectivity index (χ0) is 13.0. The molecule has 0 N–H and O–H groups in total. The predicted molar refractivity (Wildman–Crippen MR) is 74.6 cm³/mol. The summed E-state index contributed by atoms with van der Waals surface area (Å²) < 4.78 is 19.4. The molecule has 4 heteroatoms. The Bertz CT molecular complexity index is 607. The molecule has 0 atom stereocenters. The minimum absolute atomic E-state index is 0.273. The van der Waals surface area contributed by atoms with Crippen molar-refractivity contribution in [2.75, 3.05) is 0 Å². The quantitative estimate of drug-likeness (QED) is 0.785. The summed E-state index contributed by atoms with van der Waals surface area (Å²) in [7, 11) is 0. The lowest BCUT2D eigenvalue weighted by Gasteiger charge is -2.08. The number of halogens is 2. The molecule has 2 rings (SSSR count). The number of ether oxygens (including phenoxy) is 1. The second-order valence-corrected chi connectivity index (χ2v) is 4.84. The standard InChI is InChI=1S/C14H9FINO/c15-12-3-1-2-11(6-12)9-18-14-5-4-10(8-17)7-13(14)16/h1-7H,9H2. The normalized spacial score (nSPS) is 9.83. The lowest BCUT2D eigenvalue weighted by atomic mass is 10.2. The van der Waals surface area contributed by atoms with Crippen molar-refractivity contribution in [3.8, 4) is 11.8 Å². The van der Waals surface area contributed by atoms with Gasteiger partial charge in [0.2, 0.25) is 0 Å². The minimum Gasteiger partial charge on any atom is -0.488 e. The maximum Gasteiger partial charge on any atom is 0.133 e. The number of rotatable bonds is 3. The molecule has 0 unspecified atom stereocenters. The first-order valence-corrected chi connectivity index (χ1v) is 6.34. The molecule has 0 aliphatic carbocycles. The molecule has 0 radical (unpaired) electrons. The summed E-state index contributed by atoms with van der Waals surface area (Å²) in [5, 5.41) is 8.76. The molecule has 0 aliphatic rings. The van der Waals surface area contributed by atoms with Crippen LogP contribution >= 0.6 is 22.6 Å². The fourth-order valence-electron chi connectivity index (χ4n) is 1.48. The molecule has 0 heterocycles. The Morgan fingerprint density at radius 3 is 2.72 bits per heavy atom. The molecular formula is C14H9FINO. The third-order valence-corrected chi connectivity index (χ3v) is 3.19. The van der Waals surface area contributed by atoms with E-state index in [1.165, 1.54) is 12.1 Å². The average molecular weight is 353 g/mol. The van der Waals surface area contributed by atoms with Crippen LogP contribution in [0.4, 0.5) is 4.39 Å². The van der Waals surface area contributed by atoms with Gasteiger partial charge in [-0.05, 0) is 58.5 Å². The van der Waals surface area contributed by atoms with Gasteiger partial charge in [-0.25, -0.2) is 4.39 Å². The Morgan fingerprint density at radius 2 is 2.06 bits per heavy atom. The van der Waals surface area contributed by atoms with Crippen molar-refractivity contribution in [3.05, 3.63) is 63.0 Å². The molecule has 0 amide bonds. The summed E-state index contributed by atoms with van der Waals surface area (Å²) in [6, 6.07) is 13.6. The second-order valence-electron chi connectivity index (χ2n) is 3.68. The van der Waals surface area contributed by atoms with Crippen LogP contribution in [0, 0.1) is 20.7 Å². The van der Waals surface area contributed by atoms with E-state index in [1.54, 1.807) is 30.3 Å². The zero-order valence-corrected chi connectivity index (χ0v) is 11.5. The monoisotopic (exact) mass is 353 g/mol. The van der Waals surface area contributed by atoms with Gasteiger partial charge in [-0.1, -0.05) is 12.1 Å². The summed E-state index contributed by atoms with van der Waals surface area (Å²) >= 11 is 2.11. The van der Waals surface area contributed by atoms with Crippen LogP contribution in [-0.4, -0.2) is 0 Å². The highest BCUT2D eigenvalue weighted by Crippen LogP contribution is 2.22. The van der Waals surface area contributed by atoms with E-state index in [0.29, 0.717) is 17.9 Å². The van der Waals surface area contributed by atoms with Gasteiger partial charge in [-0.15, -0.1) is 0 Å². The van der Waals surface area contributed by atoms with Gasteiger partial charge in [-0.3, -0.25) is 0 Å². The van der Waals surface area contributed by atoms with Crippen molar-refractivity contribution in [1.82, 2.24) is 0 Å². The van der Waals surface area contributed by atoms with Gasteiger partial charge in [0, 0.05) is 0 Å². The van der Waals surface area contributed by atoms with Gasteiger partial charge < -0.3 is 4.74 Å². The van der Waals surface area contributed by atoms with Gasteiger partial charge in [0.25, 0.3) is 0 Å². The minimum atomic E-state index is -0.273. The number of nitrogens with zero attached hydrogens (tertiary/aromatic N) is 1. The van der Waals surface area contributed by atoms with Crippen molar-refractivity contribution >= 4 is 22.6 Å². The summed E-state index contributed by atoms with van der Waals surface area (Å²) in [6.07, 6.45) is 0. The molecule has 0 aliphatic heterocycles. The molecule has 2 nitrogen and oxygen atoms in total. The number of hydrogen-bond donors (Lipinski definition) is 0. The fourth-order valence-corrected chi connectivity index (χ4v) is 2.15. The van der Waals surface area contributed by atoms with Gasteiger partial charge in [-0.2, -0.15) is 5.26 Å². The van der Waals surface area contributed by atoms with Crippen molar-refractivity contribution in [2.24, 2.45) is 0 Å². The number of benzene rings is 2. The summed E-state index contributed by atoms with van der Waals surface area (Å²) in [4.78, 5) is 0. The van der Waals surface area contributed by atoms with E-state index < -0.39 is 0 Å². The Kier molecular flexibility index (Phi) is 4.15. The molecule has 0 saturated heterocycles. The van der Waals surface area contributed by atoms with E-state index in [9.17, 15) is 4.39 Å². The van der Waals surface area contributed by atoms with E-state index in [2.05, 4.69) is 28.7 Å². The largest absolute Gasteiger partial charge is 0.488 e. The Hall–Kier alpha value is -1.61. The van der Waals surface area contributed by atoms with Crippen LogP contribution < -0.4 is 4.74 Å². The first kappa shape index (κ1) is 12.8. The van der Waals surface area contributed by atoms with Gasteiger partial charge in [0.1, 0.15) is 18.2 Å². The van der Waals surface area contributed by atoms with E-state index in [-0.39, 0.29) is 5.82 Å². The molecule has 90 valence electrons. The van der Waals surface area contributed by atoms with Crippen molar-refractivity contribution in [2.45, 2.75) is 6.61 Å². The Labute approximate surface area is 118 Å². The molecule has 0 aromatic heterocycles. The lowest BCUT2D eigenvalue weighted by Crippen LogP contribution is -1.97. The summed E-state index contributed by atoms with van der Waals surface area (Å²) in [6.45, 7) is 0.305. The van der Waals surface area contributed by atoms with Crippen molar-refractivity contribution < 1.29 is 9.13 Å². The van der Waals surface area contributed by atoms with Crippen LogP contribution in [0.25, 0.3) is 0 Å². The zero-order valence-electron chi connectivity index (χ0n) is 9.36. The van der Waals surface area contributed by atoms with Crippen molar-refractivity contribution in [3.63, 3.8) is 0 Å². The average Bonchev–Trinajstić information content (AvgIpc) is 2.37. The Morgan fingerprint density at radius 1 is 1.22 bits per heavy atom. The predicted octanol–water partition coefficient (Wildman–Crippen LogP) is 3.88. The smallest absolute Gasteiger partial charge is 0.133 e. The molecule has 18 heavy (non-hydrogen) atoms. The van der Waals surface area contributed by atoms with Gasteiger partial charge >= 0.3 is 0 Å². The SMILES string of the molecule is N#Cc1ccc(OCc2cccc(F)c2)c(I)c1. The second kappa shape index (κ2) is 5.83. The van der Waals surface area contributed by atoms with E-state index in [4.69, 9.17) is 10.00 Å². The molecule has 0 spiro atoms. The molecule has 0 saturated carbocycles. The van der Waals surface area contributed by atoms with Crippen LogP contribution in [0.5, 0.6) is 5.75 Å². The highest BCUT2D eigenvalue weighted by Gasteiger charge is 2.03. The molecule has 2 aromatic carbocycles. The summed E-state index contributed by atoms with van der Waals surface area (Å²) in [5.74, 6) is 0.421. The third kappa shape index (κ3) is 3.20. The fraction of sp³-hybridized carbons (Fsp3) is 0.0714. The Balaban J connectivity index is 2.09. The highest BCUT2D eigenvalue weighted by atomic mass is 127. The van der Waals surface area contributed by atoms with Crippen LogP contribution in [0.1, 0.15) is 11.1 Å². The van der Waals surface area contributed by atoms with Crippen LogP contribution in [0.15, 0.2) is 42.5 Å². The van der Waals surface area contributed by atoms with Crippen molar-refractivity contribution in [1.29, 1.82) is 5.26 Å². The number of nitriles is 1. The molecule has 0 bridgehead atoms. The van der Waals surface area contributed by atoms with Gasteiger partial charge in [0.15, 0.2) is 0 Å². The molecular weight excluding hydrogens is 344 g/mol. The van der Waals surface area contributed by atoms with E-state index >= 15 is 0 Å². The van der Waals surface area contributed by atoms with Crippen LogP contribution in [-0.2, 0) is 6.61 Å². The summed E-state index contributed by atoms with van der Waals surface area (Å²) in [5.41, 5.74) is 1.37. The van der Waals surface area contributed by atoms with E-state index in [0.717, 1.165) is 9.13 Å².